The van der Waals surface area contributed by atoms with Crippen LogP contribution in [-0.2, 0) is 6.54 Å². The average Bonchev–Trinajstić information content (AvgIpc) is 2.69. The molecule has 0 unspecified atom stereocenters. The zero-order valence-electron chi connectivity index (χ0n) is 9.31. The normalized spacial score (nSPS) is 10.3. The van der Waals surface area contributed by atoms with Gasteiger partial charge >= 0.3 is 0 Å². The number of carbonyl (C=O) groups is 1. The summed E-state index contributed by atoms with van der Waals surface area (Å²) >= 11 is 7.13. The molecule has 94 valence electrons. The number of nitrogens with two attached hydrogens (primary N) is 2. The van der Waals surface area contributed by atoms with Crippen LogP contribution in [0.25, 0.3) is 0 Å². The number of nitrogen functional groups attached to an aromatic ring is 1. The van der Waals surface area contributed by atoms with E-state index in [0.29, 0.717) is 16.6 Å². The van der Waals surface area contributed by atoms with Gasteiger partial charge in [-0.25, -0.2) is 0 Å². The van der Waals surface area contributed by atoms with Crippen molar-refractivity contribution in [3.8, 4) is 0 Å². The number of nitrogens with one attached hydrogen (secondary N) is 1. The number of benzene rings is 1. The lowest BCUT2D eigenvalue weighted by Gasteiger charge is -2.06. The van der Waals surface area contributed by atoms with Crippen LogP contribution >= 0.6 is 23.1 Å². The van der Waals surface area contributed by atoms with Gasteiger partial charge in [-0.3, -0.25) is 4.79 Å². The molecule has 0 atom stereocenters. The van der Waals surface area contributed by atoms with E-state index in [1.54, 1.807) is 6.07 Å². The number of anilines is 2. The first-order valence-corrected chi connectivity index (χ1v) is 6.27. The number of aromatic nitrogens is 1. The van der Waals surface area contributed by atoms with Gasteiger partial charge in [0.1, 0.15) is 10.6 Å². The van der Waals surface area contributed by atoms with Crippen molar-refractivity contribution in [2.24, 2.45) is 5.73 Å². The number of hydrogen-bond acceptors (Lipinski definition) is 5. The molecule has 0 aliphatic carbocycles. The summed E-state index contributed by atoms with van der Waals surface area (Å²) < 4.78 is 3.90. The third-order valence-corrected chi connectivity index (χ3v) is 3.55. The van der Waals surface area contributed by atoms with Crippen molar-refractivity contribution < 1.29 is 4.79 Å². The van der Waals surface area contributed by atoms with Crippen molar-refractivity contribution in [1.29, 1.82) is 0 Å². The molecule has 1 heterocycles. The molecule has 0 saturated heterocycles. The molecular formula is C11H11ClN4OS. The maximum absolute atomic E-state index is 11.2. The van der Waals surface area contributed by atoms with Gasteiger partial charge in [0.2, 0.25) is 0 Å². The highest BCUT2D eigenvalue weighted by Gasteiger charge is 2.16. The van der Waals surface area contributed by atoms with Gasteiger partial charge in [0.15, 0.2) is 5.82 Å². The fourth-order valence-electron chi connectivity index (χ4n) is 1.48. The monoisotopic (exact) mass is 282 g/mol. The fourth-order valence-corrected chi connectivity index (χ4v) is 2.40. The summed E-state index contributed by atoms with van der Waals surface area (Å²) in [6, 6.07) is 7.43. The second kappa shape index (κ2) is 5.24. The maximum atomic E-state index is 11.2. The van der Waals surface area contributed by atoms with Gasteiger partial charge in [-0.15, -0.1) is 0 Å². The van der Waals surface area contributed by atoms with E-state index in [2.05, 4.69) is 9.69 Å². The van der Waals surface area contributed by atoms with Crippen LogP contribution in [0.15, 0.2) is 24.3 Å². The Bertz CT molecular complexity index is 584. The van der Waals surface area contributed by atoms with Crippen molar-refractivity contribution in [2.45, 2.75) is 6.54 Å². The van der Waals surface area contributed by atoms with Gasteiger partial charge in [-0.05, 0) is 23.2 Å². The Balaban J connectivity index is 2.16. The van der Waals surface area contributed by atoms with E-state index in [4.69, 9.17) is 23.1 Å². The Hall–Kier alpha value is -1.79. The molecule has 2 rings (SSSR count). The van der Waals surface area contributed by atoms with Gasteiger partial charge in [0.05, 0.1) is 0 Å². The number of hydrogen-bond donors (Lipinski definition) is 3. The standard InChI is InChI=1S/C11H11ClN4OS/c12-7-4-2-1-3-6(7)5-15-11-8(10(14)17)9(13)16-18-11/h1-4,15H,5H2,(H2,13,16)(H2,14,17). The van der Waals surface area contributed by atoms with Crippen LogP contribution in [0.1, 0.15) is 15.9 Å². The zero-order valence-corrected chi connectivity index (χ0v) is 10.9. The molecule has 2 aromatic rings. The number of amides is 1. The van der Waals surface area contributed by atoms with Crippen LogP contribution in [0, 0.1) is 0 Å². The van der Waals surface area contributed by atoms with Crippen LogP contribution in [0.4, 0.5) is 10.8 Å². The van der Waals surface area contributed by atoms with Crippen molar-refractivity contribution in [3.63, 3.8) is 0 Å². The molecule has 1 aromatic carbocycles. The Morgan fingerprint density at radius 3 is 2.83 bits per heavy atom. The average molecular weight is 283 g/mol. The summed E-state index contributed by atoms with van der Waals surface area (Å²) in [5.74, 6) is -0.447. The summed E-state index contributed by atoms with van der Waals surface area (Å²) in [7, 11) is 0. The van der Waals surface area contributed by atoms with Gasteiger partial charge in [-0.1, -0.05) is 29.8 Å². The minimum Gasteiger partial charge on any atom is -0.382 e. The lowest BCUT2D eigenvalue weighted by molar-refractivity contribution is 0.100. The first kappa shape index (κ1) is 12.7. The zero-order chi connectivity index (χ0) is 13.1. The molecule has 0 saturated carbocycles. The molecule has 0 spiro atoms. The summed E-state index contributed by atoms with van der Waals surface area (Å²) in [6.45, 7) is 0.474. The first-order valence-electron chi connectivity index (χ1n) is 5.12. The van der Waals surface area contributed by atoms with E-state index in [0.717, 1.165) is 17.1 Å². The van der Waals surface area contributed by atoms with Gasteiger partial charge in [0.25, 0.3) is 5.91 Å². The van der Waals surface area contributed by atoms with Crippen molar-refractivity contribution in [3.05, 3.63) is 40.4 Å². The quantitative estimate of drug-likeness (QED) is 0.800. The smallest absolute Gasteiger partial charge is 0.255 e. The minimum absolute atomic E-state index is 0.147. The fraction of sp³-hybridized carbons (Fsp3) is 0.0909. The predicted molar refractivity (Wildman–Crippen MR) is 73.8 cm³/mol. The van der Waals surface area contributed by atoms with E-state index in [9.17, 15) is 4.79 Å². The molecule has 0 aliphatic rings. The molecule has 18 heavy (non-hydrogen) atoms. The molecule has 5 N–H and O–H groups in total. The molecule has 0 bridgehead atoms. The molecule has 0 radical (unpaired) electrons. The van der Waals surface area contributed by atoms with Crippen LogP contribution in [0.3, 0.4) is 0 Å². The molecule has 1 aromatic heterocycles. The second-order valence-electron chi connectivity index (χ2n) is 3.58. The van der Waals surface area contributed by atoms with E-state index in [1.165, 1.54) is 0 Å². The van der Waals surface area contributed by atoms with E-state index in [1.807, 2.05) is 18.2 Å². The van der Waals surface area contributed by atoms with Gasteiger partial charge < -0.3 is 16.8 Å². The van der Waals surface area contributed by atoms with E-state index < -0.39 is 5.91 Å². The van der Waals surface area contributed by atoms with Crippen molar-refractivity contribution >= 4 is 39.9 Å². The summed E-state index contributed by atoms with van der Waals surface area (Å²) in [4.78, 5) is 11.2. The Kier molecular flexibility index (Phi) is 3.69. The minimum atomic E-state index is -0.595. The Labute approximate surface area is 113 Å². The second-order valence-corrected chi connectivity index (χ2v) is 4.76. The van der Waals surface area contributed by atoms with E-state index >= 15 is 0 Å². The highest BCUT2D eigenvalue weighted by Crippen LogP contribution is 2.27. The predicted octanol–water partition coefficient (Wildman–Crippen LogP) is 2.09. The molecule has 0 aliphatic heterocycles. The van der Waals surface area contributed by atoms with Crippen LogP contribution < -0.4 is 16.8 Å². The molecule has 7 heteroatoms. The van der Waals surface area contributed by atoms with Crippen molar-refractivity contribution in [2.75, 3.05) is 11.1 Å². The molecule has 1 amide bonds. The number of nitrogens with zero attached hydrogens (tertiary/aromatic N) is 1. The number of rotatable bonds is 4. The highest BCUT2D eigenvalue weighted by atomic mass is 35.5. The molecular weight excluding hydrogens is 272 g/mol. The maximum Gasteiger partial charge on any atom is 0.255 e. The van der Waals surface area contributed by atoms with Crippen LogP contribution in [-0.4, -0.2) is 10.3 Å². The Morgan fingerprint density at radius 2 is 2.17 bits per heavy atom. The van der Waals surface area contributed by atoms with Crippen LogP contribution in [0.2, 0.25) is 5.02 Å². The number of carbonyl (C=O) groups excluding carboxylic acids is 1. The lowest BCUT2D eigenvalue weighted by Crippen LogP contribution is -2.14. The third-order valence-electron chi connectivity index (χ3n) is 2.36. The number of halogens is 1. The highest BCUT2D eigenvalue weighted by molar-refractivity contribution is 7.11. The Morgan fingerprint density at radius 1 is 1.44 bits per heavy atom. The van der Waals surface area contributed by atoms with E-state index in [-0.39, 0.29) is 11.4 Å². The first-order chi connectivity index (χ1) is 8.59. The molecule has 0 fully saturated rings. The lowest BCUT2D eigenvalue weighted by atomic mass is 10.2. The number of primary amides is 1. The third kappa shape index (κ3) is 2.55. The van der Waals surface area contributed by atoms with Gasteiger partial charge in [0, 0.05) is 11.6 Å². The topological polar surface area (TPSA) is 94.0 Å². The summed E-state index contributed by atoms with van der Waals surface area (Å²) in [6.07, 6.45) is 0. The SMILES string of the molecule is NC(=O)c1c(N)nsc1NCc1ccccc1Cl. The summed E-state index contributed by atoms with van der Waals surface area (Å²) in [5, 5.41) is 4.27. The molecule has 5 nitrogen and oxygen atoms in total. The van der Waals surface area contributed by atoms with Gasteiger partial charge in [-0.2, -0.15) is 4.37 Å². The largest absolute Gasteiger partial charge is 0.382 e. The summed E-state index contributed by atoms with van der Waals surface area (Å²) in [5.41, 5.74) is 12.0. The van der Waals surface area contributed by atoms with Crippen molar-refractivity contribution in [1.82, 2.24) is 4.37 Å². The van der Waals surface area contributed by atoms with Crippen LogP contribution in [0.5, 0.6) is 0 Å².